The van der Waals surface area contributed by atoms with Crippen LogP contribution in [0.25, 0.3) is 0 Å². The van der Waals surface area contributed by atoms with E-state index in [0.29, 0.717) is 17.1 Å². The van der Waals surface area contributed by atoms with Gasteiger partial charge in [0.25, 0.3) is 0 Å². The van der Waals surface area contributed by atoms with Crippen LogP contribution in [0.2, 0.25) is 0 Å². The second-order valence-electron chi connectivity index (χ2n) is 3.75. The largest absolute Gasteiger partial charge is 0.295 e. The van der Waals surface area contributed by atoms with Gasteiger partial charge < -0.3 is 0 Å². The van der Waals surface area contributed by atoms with Gasteiger partial charge in [-0.15, -0.1) is 0 Å². The van der Waals surface area contributed by atoms with Crippen LogP contribution in [0, 0.1) is 11.3 Å². The minimum absolute atomic E-state index is 0.353. The molecule has 0 aromatic rings. The normalized spacial score (nSPS) is 44.5. The lowest BCUT2D eigenvalue weighted by molar-refractivity contribution is -0.128. The van der Waals surface area contributed by atoms with E-state index in [-0.39, 0.29) is 0 Å². The Kier molecular flexibility index (Phi) is 1.05. The predicted molar refractivity (Wildman–Crippen MR) is 39.6 cm³/mol. The Hall–Kier alpha value is -0.590. The fraction of sp³-hybridized carbons (Fsp3) is 0.667. The van der Waals surface area contributed by atoms with Crippen LogP contribution >= 0.6 is 0 Å². The van der Waals surface area contributed by atoms with E-state index in [0.717, 1.165) is 12.8 Å². The van der Waals surface area contributed by atoms with Crippen molar-refractivity contribution >= 4 is 5.78 Å². The number of carbonyl (C=O) groups excluding carboxylic acids is 1. The molecular weight excluding hydrogens is 124 g/mol. The molecular formula is C9H12O. The van der Waals surface area contributed by atoms with Gasteiger partial charge in [0, 0.05) is 5.92 Å². The maximum absolute atomic E-state index is 11.2. The average Bonchev–Trinajstić information content (AvgIpc) is 1.83. The van der Waals surface area contributed by atoms with Crippen LogP contribution in [-0.2, 0) is 4.79 Å². The number of hydrogen-bond acceptors (Lipinski definition) is 1. The van der Waals surface area contributed by atoms with Gasteiger partial charge >= 0.3 is 0 Å². The molecule has 0 N–H and O–H groups in total. The smallest absolute Gasteiger partial charge is 0.158 e. The van der Waals surface area contributed by atoms with Crippen LogP contribution in [-0.4, -0.2) is 5.78 Å². The molecule has 1 saturated carbocycles. The van der Waals surface area contributed by atoms with Crippen LogP contribution in [0.1, 0.15) is 26.2 Å². The molecule has 2 aliphatic carbocycles. The predicted octanol–water partition coefficient (Wildman–Crippen LogP) is 1.93. The molecule has 0 bridgehead atoms. The Morgan fingerprint density at radius 2 is 2.50 bits per heavy atom. The van der Waals surface area contributed by atoms with Crippen LogP contribution in [0.4, 0.5) is 0 Å². The van der Waals surface area contributed by atoms with E-state index in [1.54, 1.807) is 6.08 Å². The van der Waals surface area contributed by atoms with Crippen LogP contribution in [0.3, 0.4) is 0 Å². The van der Waals surface area contributed by atoms with Crippen molar-refractivity contribution in [3.63, 3.8) is 0 Å². The Morgan fingerprint density at radius 1 is 1.70 bits per heavy atom. The molecule has 0 aromatic heterocycles. The second-order valence-corrected chi connectivity index (χ2v) is 3.75. The van der Waals surface area contributed by atoms with Crippen LogP contribution in [0.5, 0.6) is 0 Å². The van der Waals surface area contributed by atoms with E-state index in [1.807, 2.05) is 6.08 Å². The first-order chi connectivity index (χ1) is 4.72. The quantitative estimate of drug-likeness (QED) is 0.497. The van der Waals surface area contributed by atoms with Crippen molar-refractivity contribution in [3.05, 3.63) is 12.2 Å². The van der Waals surface area contributed by atoms with Crippen molar-refractivity contribution < 1.29 is 4.79 Å². The molecule has 0 aliphatic heterocycles. The van der Waals surface area contributed by atoms with Crippen molar-refractivity contribution in [3.8, 4) is 0 Å². The number of fused-ring (bicyclic) bond motifs is 1. The Bertz CT molecular complexity index is 205. The van der Waals surface area contributed by atoms with Gasteiger partial charge in [-0.25, -0.2) is 0 Å². The van der Waals surface area contributed by atoms with E-state index in [2.05, 4.69) is 6.92 Å². The lowest BCUT2D eigenvalue weighted by atomic mass is 9.56. The first-order valence-electron chi connectivity index (χ1n) is 3.93. The van der Waals surface area contributed by atoms with Gasteiger partial charge in [-0.05, 0) is 30.8 Å². The minimum Gasteiger partial charge on any atom is -0.295 e. The van der Waals surface area contributed by atoms with Crippen molar-refractivity contribution in [2.45, 2.75) is 26.2 Å². The van der Waals surface area contributed by atoms with Gasteiger partial charge in [0.1, 0.15) is 0 Å². The van der Waals surface area contributed by atoms with Gasteiger partial charge in [-0.2, -0.15) is 0 Å². The summed E-state index contributed by atoms with van der Waals surface area (Å²) in [5.74, 6) is 0.734. The molecule has 1 unspecified atom stereocenters. The highest BCUT2D eigenvalue weighted by atomic mass is 16.1. The summed E-state index contributed by atoms with van der Waals surface area (Å²) in [6.45, 7) is 2.22. The monoisotopic (exact) mass is 136 g/mol. The maximum atomic E-state index is 11.2. The molecule has 0 amide bonds. The molecule has 1 nitrogen and oxygen atoms in total. The summed E-state index contributed by atoms with van der Waals surface area (Å²) in [4.78, 5) is 11.2. The van der Waals surface area contributed by atoms with Gasteiger partial charge in [-0.3, -0.25) is 4.79 Å². The third kappa shape index (κ3) is 0.606. The average molecular weight is 136 g/mol. The summed E-state index contributed by atoms with van der Waals surface area (Å²) >= 11 is 0. The fourth-order valence-corrected chi connectivity index (χ4v) is 2.07. The second kappa shape index (κ2) is 1.71. The van der Waals surface area contributed by atoms with Crippen LogP contribution in [0.15, 0.2) is 12.2 Å². The molecule has 1 fully saturated rings. The molecule has 0 radical (unpaired) electrons. The number of allylic oxidation sites excluding steroid dienone is 2. The van der Waals surface area contributed by atoms with Crippen molar-refractivity contribution in [1.29, 1.82) is 0 Å². The first-order valence-corrected chi connectivity index (χ1v) is 3.93. The molecule has 0 heterocycles. The number of ketones is 1. The van der Waals surface area contributed by atoms with Crippen molar-refractivity contribution in [2.24, 2.45) is 11.3 Å². The molecule has 54 valence electrons. The minimum atomic E-state index is 0.353. The highest BCUT2D eigenvalue weighted by Crippen LogP contribution is 2.51. The SMILES string of the molecule is C[C@@]12CC=CC(=O)C1CC2. The summed E-state index contributed by atoms with van der Waals surface area (Å²) < 4.78 is 0. The summed E-state index contributed by atoms with van der Waals surface area (Å²) in [5.41, 5.74) is 0.353. The van der Waals surface area contributed by atoms with Gasteiger partial charge in [0.05, 0.1) is 0 Å². The van der Waals surface area contributed by atoms with E-state index in [4.69, 9.17) is 0 Å². The topological polar surface area (TPSA) is 17.1 Å². The highest BCUT2D eigenvalue weighted by Gasteiger charge is 2.46. The fourth-order valence-electron chi connectivity index (χ4n) is 2.07. The summed E-state index contributed by atoms with van der Waals surface area (Å²) in [6.07, 6.45) is 7.26. The third-order valence-electron chi connectivity index (χ3n) is 3.06. The zero-order valence-corrected chi connectivity index (χ0v) is 6.26. The standard InChI is InChI=1S/C9H12O/c1-9-5-2-3-8(10)7(9)4-6-9/h2-3,7H,4-6H2,1H3/t7?,9-/m0/s1. The molecule has 1 heteroatoms. The Labute approximate surface area is 61.1 Å². The number of hydrogen-bond donors (Lipinski definition) is 0. The lowest BCUT2D eigenvalue weighted by Gasteiger charge is -2.47. The van der Waals surface area contributed by atoms with Gasteiger partial charge in [0.2, 0.25) is 0 Å². The Morgan fingerprint density at radius 3 is 2.90 bits per heavy atom. The molecule has 0 aromatic carbocycles. The molecule has 0 spiro atoms. The van der Waals surface area contributed by atoms with E-state index >= 15 is 0 Å². The number of rotatable bonds is 0. The molecule has 0 saturated heterocycles. The number of carbonyl (C=O) groups is 1. The Balaban J connectivity index is 2.28. The summed E-state index contributed by atoms with van der Waals surface area (Å²) in [6, 6.07) is 0. The molecule has 2 atom stereocenters. The molecule has 2 aliphatic rings. The third-order valence-corrected chi connectivity index (χ3v) is 3.06. The van der Waals surface area contributed by atoms with E-state index in [1.165, 1.54) is 6.42 Å². The van der Waals surface area contributed by atoms with Gasteiger partial charge in [-0.1, -0.05) is 13.0 Å². The summed E-state index contributed by atoms with van der Waals surface area (Å²) in [7, 11) is 0. The lowest BCUT2D eigenvalue weighted by Crippen LogP contribution is -2.43. The molecule has 2 rings (SSSR count). The highest BCUT2D eigenvalue weighted by molar-refractivity contribution is 5.93. The summed E-state index contributed by atoms with van der Waals surface area (Å²) in [5, 5.41) is 0. The van der Waals surface area contributed by atoms with Crippen molar-refractivity contribution in [2.75, 3.05) is 0 Å². The first kappa shape index (κ1) is 6.14. The maximum Gasteiger partial charge on any atom is 0.158 e. The van der Waals surface area contributed by atoms with Crippen LogP contribution < -0.4 is 0 Å². The van der Waals surface area contributed by atoms with Crippen molar-refractivity contribution in [1.82, 2.24) is 0 Å². The zero-order chi connectivity index (χ0) is 7.19. The van der Waals surface area contributed by atoms with Gasteiger partial charge in [0.15, 0.2) is 5.78 Å². The molecule has 10 heavy (non-hydrogen) atoms. The zero-order valence-electron chi connectivity index (χ0n) is 6.26. The van der Waals surface area contributed by atoms with E-state index in [9.17, 15) is 4.79 Å². The van der Waals surface area contributed by atoms with E-state index < -0.39 is 0 Å².